The molecule has 4 amide bonds. The molecule has 0 saturated carbocycles. The second-order valence-corrected chi connectivity index (χ2v) is 4.66. The lowest BCUT2D eigenvalue weighted by Crippen LogP contribution is -2.54. The fourth-order valence-electron chi connectivity index (χ4n) is 1.72. The van der Waals surface area contributed by atoms with Crippen molar-refractivity contribution in [3.63, 3.8) is 0 Å². The molecule has 0 radical (unpaired) electrons. The van der Waals surface area contributed by atoms with Gasteiger partial charge in [-0.15, -0.1) is 0 Å². The number of anilines is 1. The normalized spacial score (nSPS) is 14.6. The molecule has 3 N–H and O–H groups in total. The summed E-state index contributed by atoms with van der Waals surface area (Å²) in [7, 11) is 0. The number of aromatic carboxylic acids is 1. The van der Waals surface area contributed by atoms with E-state index in [1.807, 2.05) is 0 Å². The lowest BCUT2D eigenvalue weighted by molar-refractivity contribution is -0.134. The Hall–Kier alpha value is -2.61. The number of piperazine rings is 1. The highest BCUT2D eigenvalue weighted by Crippen LogP contribution is 2.23. The van der Waals surface area contributed by atoms with Gasteiger partial charge in [0.25, 0.3) is 0 Å². The topological polar surface area (TPSA) is 116 Å². The van der Waals surface area contributed by atoms with Crippen molar-refractivity contribution in [3.05, 3.63) is 28.8 Å². The van der Waals surface area contributed by atoms with Gasteiger partial charge in [-0.1, -0.05) is 11.6 Å². The zero-order valence-corrected chi connectivity index (χ0v) is 11.3. The number of urea groups is 1. The van der Waals surface area contributed by atoms with Gasteiger partial charge in [0.1, 0.15) is 13.1 Å². The number of rotatable bonds is 2. The van der Waals surface area contributed by atoms with Crippen LogP contribution >= 0.6 is 11.6 Å². The average molecular weight is 312 g/mol. The molecule has 1 aliphatic heterocycles. The third-order valence-electron chi connectivity index (χ3n) is 2.69. The Kier molecular flexibility index (Phi) is 4.08. The summed E-state index contributed by atoms with van der Waals surface area (Å²) in [4.78, 5) is 46.1. The summed E-state index contributed by atoms with van der Waals surface area (Å²) in [5.41, 5.74) is 0.163. The lowest BCUT2D eigenvalue weighted by atomic mass is 10.2. The molecule has 2 rings (SSSR count). The fourth-order valence-corrected chi connectivity index (χ4v) is 1.95. The van der Waals surface area contributed by atoms with E-state index in [-0.39, 0.29) is 29.4 Å². The number of carboxylic acid groups (broad SMARTS) is 1. The SMILES string of the molecule is O=C1CN(C(=O)Nc2ccc(C(=O)O)cc2Cl)CC(=O)N1. The number of halogens is 1. The number of hydrogen-bond acceptors (Lipinski definition) is 4. The van der Waals surface area contributed by atoms with Gasteiger partial charge in [0, 0.05) is 0 Å². The molecule has 0 atom stereocenters. The Morgan fingerprint density at radius 1 is 1.24 bits per heavy atom. The maximum absolute atomic E-state index is 11.9. The van der Waals surface area contributed by atoms with Crippen LogP contribution in [-0.2, 0) is 9.59 Å². The molecule has 1 aromatic rings. The second-order valence-electron chi connectivity index (χ2n) is 4.26. The minimum atomic E-state index is -1.15. The first-order valence-corrected chi connectivity index (χ1v) is 6.16. The zero-order valence-electron chi connectivity index (χ0n) is 10.6. The van der Waals surface area contributed by atoms with Crippen LogP contribution in [0.15, 0.2) is 18.2 Å². The molecule has 1 saturated heterocycles. The molecule has 8 nitrogen and oxygen atoms in total. The number of imide groups is 1. The molecule has 1 aromatic carbocycles. The van der Waals surface area contributed by atoms with E-state index in [0.29, 0.717) is 0 Å². The maximum Gasteiger partial charge on any atom is 0.335 e. The van der Waals surface area contributed by atoms with Crippen molar-refractivity contribution in [1.82, 2.24) is 10.2 Å². The highest BCUT2D eigenvalue weighted by atomic mass is 35.5. The Morgan fingerprint density at radius 2 is 1.86 bits per heavy atom. The average Bonchev–Trinajstić information content (AvgIpc) is 2.39. The van der Waals surface area contributed by atoms with Crippen molar-refractivity contribution in [2.45, 2.75) is 0 Å². The molecule has 0 bridgehead atoms. The molecule has 110 valence electrons. The first-order valence-electron chi connectivity index (χ1n) is 5.78. The molecule has 1 heterocycles. The largest absolute Gasteiger partial charge is 0.478 e. The Morgan fingerprint density at radius 3 is 2.38 bits per heavy atom. The number of hydrogen-bond donors (Lipinski definition) is 3. The Balaban J connectivity index is 2.11. The number of nitrogens with one attached hydrogen (secondary N) is 2. The third kappa shape index (κ3) is 3.48. The molecule has 0 spiro atoms. The van der Waals surface area contributed by atoms with Gasteiger partial charge < -0.3 is 15.3 Å². The van der Waals surface area contributed by atoms with Crippen molar-refractivity contribution in [2.75, 3.05) is 18.4 Å². The van der Waals surface area contributed by atoms with E-state index < -0.39 is 23.8 Å². The standard InChI is InChI=1S/C12H10ClN3O5/c13-7-3-6(11(19)20)1-2-8(7)14-12(21)16-4-9(17)15-10(18)5-16/h1-3H,4-5H2,(H,14,21)(H,19,20)(H,15,17,18). The molecule has 21 heavy (non-hydrogen) atoms. The molecule has 9 heteroatoms. The molecule has 1 fully saturated rings. The van der Waals surface area contributed by atoms with E-state index in [4.69, 9.17) is 16.7 Å². The van der Waals surface area contributed by atoms with Gasteiger partial charge >= 0.3 is 12.0 Å². The smallest absolute Gasteiger partial charge is 0.335 e. The van der Waals surface area contributed by atoms with Gasteiger partial charge in [0.2, 0.25) is 11.8 Å². The number of carboxylic acids is 1. The molecule has 1 aliphatic rings. The van der Waals surface area contributed by atoms with Crippen LogP contribution in [-0.4, -0.2) is 46.9 Å². The Bertz CT molecular complexity index is 630. The number of benzene rings is 1. The summed E-state index contributed by atoms with van der Waals surface area (Å²) in [5, 5.41) is 13.3. The van der Waals surface area contributed by atoms with Crippen molar-refractivity contribution < 1.29 is 24.3 Å². The quantitative estimate of drug-likeness (QED) is 0.689. The predicted molar refractivity (Wildman–Crippen MR) is 72.2 cm³/mol. The van der Waals surface area contributed by atoms with Gasteiger partial charge in [-0.3, -0.25) is 14.9 Å². The van der Waals surface area contributed by atoms with Crippen LogP contribution in [0.2, 0.25) is 5.02 Å². The molecular weight excluding hydrogens is 302 g/mol. The molecule has 0 aliphatic carbocycles. The van der Waals surface area contributed by atoms with E-state index >= 15 is 0 Å². The van der Waals surface area contributed by atoms with E-state index in [1.165, 1.54) is 18.2 Å². The minimum absolute atomic E-state index is 0.0227. The highest BCUT2D eigenvalue weighted by Gasteiger charge is 2.26. The summed E-state index contributed by atoms with van der Waals surface area (Å²) in [6.45, 7) is -0.495. The summed E-state index contributed by atoms with van der Waals surface area (Å²) in [6, 6.07) is 3.12. The third-order valence-corrected chi connectivity index (χ3v) is 3.01. The van der Waals surface area contributed by atoms with E-state index in [2.05, 4.69) is 10.6 Å². The van der Waals surface area contributed by atoms with Crippen LogP contribution in [0.4, 0.5) is 10.5 Å². The van der Waals surface area contributed by atoms with Crippen LogP contribution in [0.3, 0.4) is 0 Å². The molecule has 0 aromatic heterocycles. The summed E-state index contributed by atoms with van der Waals surface area (Å²) >= 11 is 5.87. The molecular formula is C12H10ClN3O5. The van der Waals surface area contributed by atoms with Crippen LogP contribution < -0.4 is 10.6 Å². The summed E-state index contributed by atoms with van der Waals surface area (Å²) in [6.07, 6.45) is 0. The van der Waals surface area contributed by atoms with Gasteiger partial charge in [-0.25, -0.2) is 9.59 Å². The van der Waals surface area contributed by atoms with E-state index in [9.17, 15) is 19.2 Å². The van der Waals surface area contributed by atoms with Gasteiger partial charge in [-0.2, -0.15) is 0 Å². The molecule has 0 unspecified atom stereocenters. The highest BCUT2D eigenvalue weighted by molar-refractivity contribution is 6.34. The maximum atomic E-state index is 11.9. The number of nitrogens with zero attached hydrogens (tertiary/aromatic N) is 1. The fraction of sp³-hybridized carbons (Fsp3) is 0.167. The predicted octanol–water partition coefficient (Wildman–Crippen LogP) is 0.529. The first-order chi connectivity index (χ1) is 9.86. The van der Waals surface area contributed by atoms with Crippen LogP contribution in [0.5, 0.6) is 0 Å². The first kappa shape index (κ1) is 14.8. The van der Waals surface area contributed by atoms with Crippen molar-refractivity contribution in [1.29, 1.82) is 0 Å². The van der Waals surface area contributed by atoms with Crippen molar-refractivity contribution in [3.8, 4) is 0 Å². The summed E-state index contributed by atoms with van der Waals surface area (Å²) in [5.74, 6) is -2.30. The van der Waals surface area contributed by atoms with Crippen LogP contribution in [0.1, 0.15) is 10.4 Å². The zero-order chi connectivity index (χ0) is 15.6. The summed E-state index contributed by atoms with van der Waals surface area (Å²) < 4.78 is 0. The van der Waals surface area contributed by atoms with Crippen LogP contribution in [0, 0.1) is 0 Å². The van der Waals surface area contributed by atoms with Crippen LogP contribution in [0.25, 0.3) is 0 Å². The van der Waals surface area contributed by atoms with Gasteiger partial charge in [0.05, 0.1) is 16.3 Å². The van der Waals surface area contributed by atoms with E-state index in [0.717, 1.165) is 4.90 Å². The monoisotopic (exact) mass is 311 g/mol. The lowest BCUT2D eigenvalue weighted by Gasteiger charge is -2.25. The number of amides is 4. The second kappa shape index (κ2) is 5.80. The van der Waals surface area contributed by atoms with E-state index in [1.54, 1.807) is 0 Å². The number of carbonyl (C=O) groups is 4. The number of carbonyl (C=O) groups excluding carboxylic acids is 3. The van der Waals surface area contributed by atoms with Crippen molar-refractivity contribution in [2.24, 2.45) is 0 Å². The Labute approximate surface area is 123 Å². The minimum Gasteiger partial charge on any atom is -0.478 e. The van der Waals surface area contributed by atoms with Crippen molar-refractivity contribution >= 4 is 41.1 Å². The van der Waals surface area contributed by atoms with Gasteiger partial charge in [0.15, 0.2) is 0 Å². The van der Waals surface area contributed by atoms with Gasteiger partial charge in [-0.05, 0) is 18.2 Å².